The van der Waals surface area contributed by atoms with Crippen LogP contribution in [0.5, 0.6) is 0 Å². The fourth-order valence-electron chi connectivity index (χ4n) is 2.10. The monoisotopic (exact) mass is 271 g/mol. The summed E-state index contributed by atoms with van der Waals surface area (Å²) in [6, 6.07) is 23.7. The number of anilines is 2. The summed E-state index contributed by atoms with van der Waals surface area (Å²) in [6.07, 6.45) is 1.78. The highest BCUT2D eigenvalue weighted by molar-refractivity contribution is 5.70. The summed E-state index contributed by atoms with van der Waals surface area (Å²) in [6.45, 7) is 0. The molecule has 1 heterocycles. The van der Waals surface area contributed by atoms with Gasteiger partial charge in [-0.05, 0) is 23.8 Å². The summed E-state index contributed by atoms with van der Waals surface area (Å²) in [5.74, 6) is 0.573. The molecule has 3 heteroatoms. The highest BCUT2D eigenvalue weighted by Gasteiger charge is 2.07. The van der Waals surface area contributed by atoms with Crippen LogP contribution in [-0.4, -0.2) is 4.98 Å². The second-order valence-electron chi connectivity index (χ2n) is 4.59. The van der Waals surface area contributed by atoms with Crippen LogP contribution < -0.4 is 5.32 Å². The first-order valence-electron chi connectivity index (χ1n) is 6.64. The normalized spacial score (nSPS) is 9.86. The third-order valence-electron chi connectivity index (χ3n) is 3.15. The summed E-state index contributed by atoms with van der Waals surface area (Å²) >= 11 is 0. The van der Waals surface area contributed by atoms with Crippen LogP contribution in [0, 0.1) is 11.3 Å². The third-order valence-corrected chi connectivity index (χ3v) is 3.15. The van der Waals surface area contributed by atoms with Crippen molar-refractivity contribution in [2.45, 2.75) is 0 Å². The molecule has 0 atom stereocenters. The van der Waals surface area contributed by atoms with E-state index < -0.39 is 0 Å². The molecule has 0 aliphatic carbocycles. The second-order valence-corrected chi connectivity index (χ2v) is 4.59. The average Bonchev–Trinajstić information content (AvgIpc) is 2.57. The second kappa shape index (κ2) is 5.89. The number of hydrogen-bond donors (Lipinski definition) is 1. The van der Waals surface area contributed by atoms with Crippen LogP contribution in [-0.2, 0) is 0 Å². The smallest absolute Gasteiger partial charge is 0.148 e. The van der Waals surface area contributed by atoms with Crippen molar-refractivity contribution in [3.63, 3.8) is 0 Å². The van der Waals surface area contributed by atoms with Crippen molar-refractivity contribution in [3.8, 4) is 17.2 Å². The predicted molar refractivity (Wildman–Crippen MR) is 84.1 cm³/mol. The lowest BCUT2D eigenvalue weighted by Crippen LogP contribution is -1.97. The van der Waals surface area contributed by atoms with E-state index in [-0.39, 0.29) is 0 Å². The number of nitriles is 1. The fraction of sp³-hybridized carbons (Fsp3) is 0. The van der Waals surface area contributed by atoms with E-state index in [4.69, 9.17) is 0 Å². The van der Waals surface area contributed by atoms with Crippen molar-refractivity contribution in [2.75, 3.05) is 5.32 Å². The molecule has 21 heavy (non-hydrogen) atoms. The molecule has 0 spiro atoms. The lowest BCUT2D eigenvalue weighted by molar-refractivity contribution is 1.28. The largest absolute Gasteiger partial charge is 0.339 e. The topological polar surface area (TPSA) is 48.7 Å². The average molecular weight is 271 g/mol. The Morgan fingerprint density at radius 3 is 2.19 bits per heavy atom. The zero-order valence-electron chi connectivity index (χ0n) is 11.3. The van der Waals surface area contributed by atoms with Crippen molar-refractivity contribution in [2.24, 2.45) is 0 Å². The van der Waals surface area contributed by atoms with Gasteiger partial charge in [-0.15, -0.1) is 0 Å². The highest BCUT2D eigenvalue weighted by atomic mass is 15.0. The van der Waals surface area contributed by atoms with Gasteiger partial charge >= 0.3 is 0 Å². The van der Waals surface area contributed by atoms with Gasteiger partial charge in [0.1, 0.15) is 11.9 Å². The lowest BCUT2D eigenvalue weighted by Gasteiger charge is -2.09. The molecule has 0 fully saturated rings. The maximum atomic E-state index is 9.34. The molecule has 0 saturated heterocycles. The van der Waals surface area contributed by atoms with Gasteiger partial charge in [-0.25, -0.2) is 4.98 Å². The molecule has 3 rings (SSSR count). The maximum Gasteiger partial charge on any atom is 0.148 e. The number of aromatic nitrogens is 1. The Hall–Kier alpha value is -3.12. The quantitative estimate of drug-likeness (QED) is 0.769. The first-order valence-corrected chi connectivity index (χ1v) is 6.64. The first-order chi connectivity index (χ1) is 10.4. The van der Waals surface area contributed by atoms with Crippen LogP contribution in [0.3, 0.4) is 0 Å². The van der Waals surface area contributed by atoms with E-state index in [9.17, 15) is 5.26 Å². The molecule has 2 aromatic carbocycles. The minimum atomic E-state index is 0.528. The molecule has 0 aliphatic rings. The van der Waals surface area contributed by atoms with E-state index in [0.717, 1.165) is 16.8 Å². The Bertz CT molecular complexity index is 775. The molecule has 0 bridgehead atoms. The van der Waals surface area contributed by atoms with Gasteiger partial charge in [0.2, 0.25) is 0 Å². The van der Waals surface area contributed by atoms with E-state index in [1.54, 1.807) is 6.20 Å². The molecule has 0 aliphatic heterocycles. The fourth-order valence-corrected chi connectivity index (χ4v) is 2.10. The summed E-state index contributed by atoms with van der Waals surface area (Å²) in [4.78, 5) is 4.39. The minimum Gasteiger partial charge on any atom is -0.339 e. The van der Waals surface area contributed by atoms with Gasteiger partial charge in [0.15, 0.2) is 0 Å². The van der Waals surface area contributed by atoms with Crippen LogP contribution in [0.2, 0.25) is 0 Å². The van der Waals surface area contributed by atoms with Gasteiger partial charge in [0.25, 0.3) is 0 Å². The number of pyridine rings is 1. The molecule has 3 nitrogen and oxygen atoms in total. The SMILES string of the molecule is N#Cc1cc(-c2ccccc2)cnc1Nc1ccccc1. The summed E-state index contributed by atoms with van der Waals surface area (Å²) in [5.41, 5.74) is 3.42. The number of hydrogen-bond acceptors (Lipinski definition) is 3. The number of nitrogens with one attached hydrogen (secondary N) is 1. The van der Waals surface area contributed by atoms with Gasteiger partial charge < -0.3 is 5.32 Å². The Morgan fingerprint density at radius 2 is 1.52 bits per heavy atom. The van der Waals surface area contributed by atoms with E-state index in [1.165, 1.54) is 0 Å². The summed E-state index contributed by atoms with van der Waals surface area (Å²) in [5, 5.41) is 12.5. The van der Waals surface area contributed by atoms with E-state index in [0.29, 0.717) is 11.4 Å². The zero-order chi connectivity index (χ0) is 14.5. The van der Waals surface area contributed by atoms with Crippen molar-refractivity contribution in [1.82, 2.24) is 4.98 Å². The van der Waals surface area contributed by atoms with Crippen LogP contribution in [0.15, 0.2) is 72.9 Å². The van der Waals surface area contributed by atoms with E-state index >= 15 is 0 Å². The van der Waals surface area contributed by atoms with E-state index in [2.05, 4.69) is 16.4 Å². The summed E-state index contributed by atoms with van der Waals surface area (Å²) < 4.78 is 0. The number of nitrogens with zero attached hydrogens (tertiary/aromatic N) is 2. The summed E-state index contributed by atoms with van der Waals surface area (Å²) in [7, 11) is 0. The van der Waals surface area contributed by atoms with Crippen LogP contribution in [0.25, 0.3) is 11.1 Å². The van der Waals surface area contributed by atoms with E-state index in [1.807, 2.05) is 66.7 Å². The third kappa shape index (κ3) is 2.90. The molecule has 3 aromatic rings. The van der Waals surface area contributed by atoms with Crippen molar-refractivity contribution in [1.29, 1.82) is 5.26 Å². The Balaban J connectivity index is 1.95. The van der Waals surface area contributed by atoms with Gasteiger partial charge in [-0.1, -0.05) is 48.5 Å². The zero-order valence-corrected chi connectivity index (χ0v) is 11.3. The number of rotatable bonds is 3. The number of benzene rings is 2. The minimum absolute atomic E-state index is 0.528. The van der Waals surface area contributed by atoms with Gasteiger partial charge in [0, 0.05) is 17.4 Å². The molecule has 0 radical (unpaired) electrons. The molecular weight excluding hydrogens is 258 g/mol. The highest BCUT2D eigenvalue weighted by Crippen LogP contribution is 2.24. The van der Waals surface area contributed by atoms with Gasteiger partial charge in [-0.3, -0.25) is 0 Å². The van der Waals surface area contributed by atoms with Crippen LogP contribution >= 0.6 is 0 Å². The molecular formula is C18H13N3. The molecule has 0 amide bonds. The van der Waals surface area contributed by atoms with Crippen molar-refractivity contribution >= 4 is 11.5 Å². The Morgan fingerprint density at radius 1 is 0.857 bits per heavy atom. The van der Waals surface area contributed by atoms with Crippen molar-refractivity contribution < 1.29 is 0 Å². The maximum absolute atomic E-state index is 9.34. The molecule has 1 N–H and O–H groups in total. The predicted octanol–water partition coefficient (Wildman–Crippen LogP) is 4.36. The molecule has 100 valence electrons. The van der Waals surface area contributed by atoms with Crippen molar-refractivity contribution in [3.05, 3.63) is 78.5 Å². The van der Waals surface area contributed by atoms with Gasteiger partial charge in [-0.2, -0.15) is 5.26 Å². The first kappa shape index (κ1) is 12.9. The number of para-hydroxylation sites is 1. The van der Waals surface area contributed by atoms with Gasteiger partial charge in [0.05, 0.1) is 5.56 Å². The lowest BCUT2D eigenvalue weighted by atomic mass is 10.1. The molecule has 0 unspecified atom stereocenters. The standard InChI is InChI=1S/C18H13N3/c19-12-15-11-16(14-7-3-1-4-8-14)13-20-18(15)21-17-9-5-2-6-10-17/h1-11,13H,(H,20,21). The van der Waals surface area contributed by atoms with Crippen LogP contribution in [0.4, 0.5) is 11.5 Å². The Kier molecular flexibility index (Phi) is 3.62. The molecule has 0 saturated carbocycles. The molecule has 1 aromatic heterocycles. The Labute approximate surface area is 123 Å². The van der Waals surface area contributed by atoms with Crippen LogP contribution in [0.1, 0.15) is 5.56 Å².